The van der Waals surface area contributed by atoms with Crippen molar-refractivity contribution in [3.63, 3.8) is 0 Å². The van der Waals surface area contributed by atoms with E-state index in [4.69, 9.17) is 11.1 Å². The second kappa shape index (κ2) is 6.66. The molecule has 0 amide bonds. The smallest absolute Gasteiger partial charge is 0.0918 e. The van der Waals surface area contributed by atoms with Crippen molar-refractivity contribution in [2.24, 2.45) is 5.73 Å². The summed E-state index contributed by atoms with van der Waals surface area (Å²) in [6.45, 7) is 4.82. The van der Waals surface area contributed by atoms with Crippen LogP contribution in [0.5, 0.6) is 0 Å². The molecule has 1 aromatic rings. The Morgan fingerprint density at radius 2 is 2.12 bits per heavy atom. The quantitative estimate of drug-likeness (QED) is 0.623. The van der Waals surface area contributed by atoms with E-state index >= 15 is 0 Å². The van der Waals surface area contributed by atoms with Gasteiger partial charge in [-0.05, 0) is 18.2 Å². The Balaban J connectivity index is 2.56. The van der Waals surface area contributed by atoms with Gasteiger partial charge in [-0.2, -0.15) is 0 Å². The molecule has 0 heterocycles. The molecular weight excluding hydrogens is 266 g/mol. The summed E-state index contributed by atoms with van der Waals surface area (Å²) >= 11 is 3.54. The number of rotatable bonds is 6. The second-order valence-corrected chi connectivity index (χ2v) is 4.59. The number of halogens is 1. The van der Waals surface area contributed by atoms with E-state index in [1.54, 1.807) is 0 Å². The van der Waals surface area contributed by atoms with Crippen molar-refractivity contribution in [2.75, 3.05) is 13.1 Å². The lowest BCUT2D eigenvalue weighted by atomic mass is 10.2. The van der Waals surface area contributed by atoms with Crippen molar-refractivity contribution in [1.82, 2.24) is 4.90 Å². The van der Waals surface area contributed by atoms with E-state index in [1.165, 1.54) is 5.56 Å². The van der Waals surface area contributed by atoms with Crippen LogP contribution in [-0.2, 0) is 6.54 Å². The Morgan fingerprint density at radius 3 is 2.69 bits per heavy atom. The largest absolute Gasteiger partial charge is 0.388 e. The van der Waals surface area contributed by atoms with E-state index in [-0.39, 0.29) is 5.84 Å². The van der Waals surface area contributed by atoms with E-state index < -0.39 is 0 Å². The Morgan fingerprint density at radius 1 is 1.44 bits per heavy atom. The van der Waals surface area contributed by atoms with Crippen molar-refractivity contribution in [3.8, 4) is 0 Å². The first-order chi connectivity index (χ1) is 7.63. The normalized spacial score (nSPS) is 10.7. The summed E-state index contributed by atoms with van der Waals surface area (Å²) in [5, 5.41) is 7.23. The minimum absolute atomic E-state index is 0.255. The van der Waals surface area contributed by atoms with Gasteiger partial charge in [0.15, 0.2) is 0 Å². The third-order valence-electron chi connectivity index (χ3n) is 2.50. The summed E-state index contributed by atoms with van der Waals surface area (Å²) in [5.74, 6) is 0.255. The highest BCUT2D eigenvalue weighted by molar-refractivity contribution is 9.10. The average molecular weight is 284 g/mol. The monoisotopic (exact) mass is 283 g/mol. The fourth-order valence-electron chi connectivity index (χ4n) is 1.50. The number of hydrogen-bond donors (Lipinski definition) is 2. The highest BCUT2D eigenvalue weighted by atomic mass is 79.9. The maximum Gasteiger partial charge on any atom is 0.0918 e. The average Bonchev–Trinajstić information content (AvgIpc) is 2.26. The van der Waals surface area contributed by atoms with Crippen LogP contribution in [0.25, 0.3) is 0 Å². The fraction of sp³-hybridized carbons (Fsp3) is 0.417. The predicted octanol–water partition coefficient (Wildman–Crippen LogP) is 2.60. The molecule has 0 aliphatic carbocycles. The highest BCUT2D eigenvalue weighted by Gasteiger charge is 2.06. The Kier molecular flexibility index (Phi) is 5.49. The Bertz CT molecular complexity index is 352. The van der Waals surface area contributed by atoms with Crippen LogP contribution in [0.15, 0.2) is 28.7 Å². The van der Waals surface area contributed by atoms with Gasteiger partial charge < -0.3 is 5.73 Å². The Labute approximate surface area is 105 Å². The van der Waals surface area contributed by atoms with Gasteiger partial charge in [0.2, 0.25) is 0 Å². The molecule has 1 aromatic carbocycles. The minimum Gasteiger partial charge on any atom is -0.388 e. The van der Waals surface area contributed by atoms with Crippen LogP contribution in [0.2, 0.25) is 0 Å². The van der Waals surface area contributed by atoms with E-state index in [2.05, 4.69) is 33.8 Å². The first-order valence-corrected chi connectivity index (χ1v) is 6.21. The van der Waals surface area contributed by atoms with Gasteiger partial charge in [0.05, 0.1) is 5.84 Å². The maximum absolute atomic E-state index is 7.23. The van der Waals surface area contributed by atoms with Gasteiger partial charge in [-0.1, -0.05) is 41.1 Å². The van der Waals surface area contributed by atoms with E-state index in [0.29, 0.717) is 6.42 Å². The van der Waals surface area contributed by atoms with Crippen LogP contribution < -0.4 is 5.73 Å². The van der Waals surface area contributed by atoms with Crippen LogP contribution in [0.4, 0.5) is 0 Å². The molecule has 16 heavy (non-hydrogen) atoms. The molecule has 3 N–H and O–H groups in total. The van der Waals surface area contributed by atoms with Gasteiger partial charge in [-0.25, -0.2) is 0 Å². The highest BCUT2D eigenvalue weighted by Crippen LogP contribution is 2.17. The van der Waals surface area contributed by atoms with Gasteiger partial charge in [0.25, 0.3) is 0 Å². The van der Waals surface area contributed by atoms with Crippen LogP contribution in [0.3, 0.4) is 0 Å². The van der Waals surface area contributed by atoms with Crippen molar-refractivity contribution in [1.29, 1.82) is 5.41 Å². The van der Waals surface area contributed by atoms with Gasteiger partial charge in [-0.3, -0.25) is 10.3 Å². The van der Waals surface area contributed by atoms with Crippen molar-refractivity contribution < 1.29 is 0 Å². The number of nitrogens with one attached hydrogen (secondary N) is 1. The molecule has 0 saturated carbocycles. The zero-order valence-electron chi connectivity index (χ0n) is 9.54. The molecule has 0 spiro atoms. The summed E-state index contributed by atoms with van der Waals surface area (Å²) < 4.78 is 1.14. The maximum atomic E-state index is 7.23. The topological polar surface area (TPSA) is 53.1 Å². The molecular formula is C12H18BrN3. The minimum atomic E-state index is 0.255. The van der Waals surface area contributed by atoms with E-state index in [0.717, 1.165) is 24.1 Å². The molecule has 0 aliphatic rings. The molecule has 4 heteroatoms. The van der Waals surface area contributed by atoms with Crippen LogP contribution in [0.1, 0.15) is 18.9 Å². The summed E-state index contributed by atoms with van der Waals surface area (Å²) in [5.41, 5.74) is 6.64. The lowest BCUT2D eigenvalue weighted by Crippen LogP contribution is -2.27. The van der Waals surface area contributed by atoms with E-state index in [9.17, 15) is 0 Å². The van der Waals surface area contributed by atoms with Crippen LogP contribution in [-0.4, -0.2) is 23.8 Å². The van der Waals surface area contributed by atoms with Crippen LogP contribution in [0, 0.1) is 5.41 Å². The number of nitrogens with two attached hydrogens (primary N) is 1. The molecule has 0 atom stereocenters. The number of hydrogen-bond acceptors (Lipinski definition) is 2. The molecule has 3 nitrogen and oxygen atoms in total. The van der Waals surface area contributed by atoms with Crippen molar-refractivity contribution in [3.05, 3.63) is 34.3 Å². The number of nitrogens with zero attached hydrogens (tertiary/aromatic N) is 1. The fourth-order valence-corrected chi connectivity index (χ4v) is 1.91. The van der Waals surface area contributed by atoms with Gasteiger partial charge in [0, 0.05) is 24.0 Å². The summed E-state index contributed by atoms with van der Waals surface area (Å²) in [6.07, 6.45) is 0.637. The van der Waals surface area contributed by atoms with Crippen LogP contribution >= 0.6 is 15.9 Å². The summed E-state index contributed by atoms with van der Waals surface area (Å²) in [4.78, 5) is 2.28. The molecule has 88 valence electrons. The Hall–Kier alpha value is -0.870. The first kappa shape index (κ1) is 13.2. The molecule has 0 fully saturated rings. The molecule has 0 saturated heterocycles. The van der Waals surface area contributed by atoms with Gasteiger partial charge in [0.1, 0.15) is 0 Å². The van der Waals surface area contributed by atoms with Crippen molar-refractivity contribution in [2.45, 2.75) is 19.9 Å². The standard InChI is InChI=1S/C12H18BrN3/c1-2-16(8-7-12(14)15)9-10-5-3-4-6-11(10)13/h3-6H,2,7-9H2,1H3,(H3,14,15). The van der Waals surface area contributed by atoms with Gasteiger partial charge in [-0.15, -0.1) is 0 Å². The summed E-state index contributed by atoms with van der Waals surface area (Å²) in [7, 11) is 0. The zero-order chi connectivity index (χ0) is 12.0. The molecule has 0 unspecified atom stereocenters. The van der Waals surface area contributed by atoms with E-state index in [1.807, 2.05) is 18.2 Å². The number of amidine groups is 1. The summed E-state index contributed by atoms with van der Waals surface area (Å²) in [6, 6.07) is 8.22. The molecule has 0 bridgehead atoms. The first-order valence-electron chi connectivity index (χ1n) is 5.42. The SMILES string of the molecule is CCN(CCC(=N)N)Cc1ccccc1Br. The lowest BCUT2D eigenvalue weighted by Gasteiger charge is -2.20. The predicted molar refractivity (Wildman–Crippen MR) is 71.6 cm³/mol. The molecule has 1 rings (SSSR count). The lowest BCUT2D eigenvalue weighted by molar-refractivity contribution is 0.287. The van der Waals surface area contributed by atoms with Crippen molar-refractivity contribution >= 4 is 21.8 Å². The second-order valence-electron chi connectivity index (χ2n) is 3.74. The molecule has 0 aliphatic heterocycles. The third-order valence-corrected chi connectivity index (χ3v) is 3.27. The van der Waals surface area contributed by atoms with Gasteiger partial charge >= 0.3 is 0 Å². The molecule has 0 aromatic heterocycles. The molecule has 0 radical (unpaired) electrons. The number of benzene rings is 1. The zero-order valence-corrected chi connectivity index (χ0v) is 11.1. The third kappa shape index (κ3) is 4.33.